The average Bonchev–Trinajstić information content (AvgIpc) is 2.82. The average molecular weight is 408 g/mol. The molecule has 1 aromatic heterocycles. The Kier molecular flexibility index (Phi) is 5.01. The lowest BCUT2D eigenvalue weighted by atomic mass is 9.91. The SMILES string of the molecule is CC(C)(C)OC(=O)N1CC(C)(C)c2[nH]c(=O)c(Cc3cc(F)c(F)cc3F)cc21. The molecular weight excluding hydrogens is 385 g/mol. The first-order valence-corrected chi connectivity index (χ1v) is 9.19. The van der Waals surface area contributed by atoms with Gasteiger partial charge < -0.3 is 9.72 Å². The summed E-state index contributed by atoms with van der Waals surface area (Å²) in [6.45, 7) is 9.28. The minimum atomic E-state index is -1.30. The van der Waals surface area contributed by atoms with Crippen molar-refractivity contribution in [2.75, 3.05) is 11.4 Å². The van der Waals surface area contributed by atoms with Crippen molar-refractivity contribution in [3.8, 4) is 0 Å². The van der Waals surface area contributed by atoms with Gasteiger partial charge in [-0.3, -0.25) is 9.69 Å². The van der Waals surface area contributed by atoms with Gasteiger partial charge in [0, 0.05) is 35.7 Å². The molecule has 3 rings (SSSR count). The zero-order valence-corrected chi connectivity index (χ0v) is 17.0. The van der Waals surface area contributed by atoms with Crippen LogP contribution in [-0.2, 0) is 16.6 Å². The lowest BCUT2D eigenvalue weighted by Crippen LogP contribution is -2.38. The largest absolute Gasteiger partial charge is 0.443 e. The Balaban J connectivity index is 2.03. The number of benzene rings is 1. The van der Waals surface area contributed by atoms with E-state index in [1.54, 1.807) is 20.8 Å². The van der Waals surface area contributed by atoms with Crippen molar-refractivity contribution in [2.24, 2.45) is 0 Å². The van der Waals surface area contributed by atoms with E-state index in [0.717, 1.165) is 6.07 Å². The monoisotopic (exact) mass is 408 g/mol. The van der Waals surface area contributed by atoms with Crippen LogP contribution in [0.15, 0.2) is 23.0 Å². The van der Waals surface area contributed by atoms with Crippen molar-refractivity contribution in [2.45, 2.75) is 52.1 Å². The molecule has 1 aromatic carbocycles. The third-order valence-electron chi connectivity index (χ3n) is 4.70. The molecule has 5 nitrogen and oxygen atoms in total. The van der Waals surface area contributed by atoms with Crippen LogP contribution in [-0.4, -0.2) is 23.2 Å². The Morgan fingerprint density at radius 1 is 1.10 bits per heavy atom. The Hall–Kier alpha value is -2.77. The predicted molar refractivity (Wildman–Crippen MR) is 103 cm³/mol. The summed E-state index contributed by atoms with van der Waals surface area (Å²) in [5.74, 6) is -3.45. The molecule has 156 valence electrons. The van der Waals surface area contributed by atoms with Crippen molar-refractivity contribution < 1.29 is 22.7 Å². The van der Waals surface area contributed by atoms with Crippen molar-refractivity contribution >= 4 is 11.8 Å². The number of nitrogens with zero attached hydrogens (tertiary/aromatic N) is 1. The van der Waals surface area contributed by atoms with E-state index in [0.29, 0.717) is 17.4 Å². The predicted octanol–water partition coefficient (Wildman–Crippen LogP) is 4.42. The number of ether oxygens (including phenoxy) is 1. The molecule has 1 aliphatic rings. The number of anilines is 1. The summed E-state index contributed by atoms with van der Waals surface area (Å²) in [7, 11) is 0. The highest BCUT2D eigenvalue weighted by atomic mass is 19.2. The van der Waals surface area contributed by atoms with E-state index in [-0.39, 0.29) is 24.1 Å². The fourth-order valence-electron chi connectivity index (χ4n) is 3.36. The van der Waals surface area contributed by atoms with Crippen LogP contribution < -0.4 is 10.5 Å². The van der Waals surface area contributed by atoms with Gasteiger partial charge in [-0.1, -0.05) is 13.8 Å². The number of halogens is 3. The smallest absolute Gasteiger partial charge is 0.414 e. The molecule has 2 heterocycles. The van der Waals surface area contributed by atoms with Gasteiger partial charge in [-0.15, -0.1) is 0 Å². The minimum Gasteiger partial charge on any atom is -0.443 e. The highest BCUT2D eigenvalue weighted by Gasteiger charge is 2.41. The molecule has 0 saturated heterocycles. The molecule has 0 fully saturated rings. The van der Waals surface area contributed by atoms with Gasteiger partial charge in [0.25, 0.3) is 5.56 Å². The van der Waals surface area contributed by atoms with Crippen LogP contribution in [0.25, 0.3) is 0 Å². The molecule has 2 aromatic rings. The van der Waals surface area contributed by atoms with E-state index < -0.39 is 40.1 Å². The lowest BCUT2D eigenvalue weighted by Gasteiger charge is -2.25. The number of nitrogens with one attached hydrogen (secondary N) is 1. The van der Waals surface area contributed by atoms with Crippen LogP contribution in [0.3, 0.4) is 0 Å². The number of hydrogen-bond acceptors (Lipinski definition) is 3. The maximum Gasteiger partial charge on any atom is 0.414 e. The summed E-state index contributed by atoms with van der Waals surface area (Å²) >= 11 is 0. The van der Waals surface area contributed by atoms with Crippen LogP contribution in [0.2, 0.25) is 0 Å². The van der Waals surface area contributed by atoms with Crippen LogP contribution in [0.4, 0.5) is 23.7 Å². The highest BCUT2D eigenvalue weighted by Crippen LogP contribution is 2.39. The van der Waals surface area contributed by atoms with Crippen LogP contribution >= 0.6 is 0 Å². The minimum absolute atomic E-state index is 0.125. The van der Waals surface area contributed by atoms with Gasteiger partial charge in [-0.05, 0) is 38.5 Å². The molecule has 0 spiro atoms. The second-order valence-corrected chi connectivity index (χ2v) is 8.87. The highest BCUT2D eigenvalue weighted by molar-refractivity contribution is 5.91. The van der Waals surface area contributed by atoms with Crippen molar-refractivity contribution in [1.29, 1.82) is 0 Å². The number of hydrogen-bond donors (Lipinski definition) is 1. The second kappa shape index (κ2) is 6.93. The Morgan fingerprint density at radius 2 is 1.72 bits per heavy atom. The van der Waals surface area contributed by atoms with E-state index >= 15 is 0 Å². The molecule has 0 radical (unpaired) electrons. The number of amides is 1. The number of carbonyl (C=O) groups is 1. The summed E-state index contributed by atoms with van der Waals surface area (Å²) in [6.07, 6.45) is -0.824. The lowest BCUT2D eigenvalue weighted by molar-refractivity contribution is 0.0579. The van der Waals surface area contributed by atoms with Crippen molar-refractivity contribution in [1.82, 2.24) is 4.98 Å². The normalized spacial score (nSPS) is 15.4. The van der Waals surface area contributed by atoms with Crippen LogP contribution in [0.1, 0.15) is 51.4 Å². The first-order chi connectivity index (χ1) is 13.3. The molecule has 1 N–H and O–H groups in total. The van der Waals surface area contributed by atoms with E-state index in [9.17, 15) is 22.8 Å². The second-order valence-electron chi connectivity index (χ2n) is 8.87. The van der Waals surface area contributed by atoms with E-state index in [1.165, 1.54) is 11.0 Å². The van der Waals surface area contributed by atoms with Gasteiger partial charge in [0.05, 0.1) is 5.69 Å². The fourth-order valence-corrected chi connectivity index (χ4v) is 3.36. The molecule has 0 aliphatic carbocycles. The van der Waals surface area contributed by atoms with Crippen LogP contribution in [0.5, 0.6) is 0 Å². The van der Waals surface area contributed by atoms with Gasteiger partial charge in [0.15, 0.2) is 11.6 Å². The number of rotatable bonds is 2. The van der Waals surface area contributed by atoms with Crippen molar-refractivity contribution in [3.63, 3.8) is 0 Å². The summed E-state index contributed by atoms with van der Waals surface area (Å²) in [5, 5.41) is 0. The molecule has 0 unspecified atom stereocenters. The van der Waals surface area contributed by atoms with E-state index in [1.807, 2.05) is 13.8 Å². The molecular formula is C21H23F3N2O3. The number of aromatic nitrogens is 1. The number of aromatic amines is 1. The Morgan fingerprint density at radius 3 is 2.34 bits per heavy atom. The van der Waals surface area contributed by atoms with Gasteiger partial charge in [-0.2, -0.15) is 0 Å². The molecule has 8 heteroatoms. The topological polar surface area (TPSA) is 62.4 Å². The van der Waals surface area contributed by atoms with Gasteiger partial charge in [0.2, 0.25) is 0 Å². The van der Waals surface area contributed by atoms with Crippen LogP contribution in [0, 0.1) is 17.5 Å². The zero-order valence-electron chi connectivity index (χ0n) is 17.0. The number of fused-ring (bicyclic) bond motifs is 1. The summed E-state index contributed by atoms with van der Waals surface area (Å²) in [5.41, 5.74) is -0.743. The van der Waals surface area contributed by atoms with E-state index in [4.69, 9.17) is 4.74 Å². The maximum absolute atomic E-state index is 14.0. The van der Waals surface area contributed by atoms with E-state index in [2.05, 4.69) is 4.98 Å². The number of carbonyl (C=O) groups excluding carboxylic acids is 1. The zero-order chi connectivity index (χ0) is 21.7. The van der Waals surface area contributed by atoms with Gasteiger partial charge >= 0.3 is 6.09 Å². The Labute approximate surface area is 166 Å². The quantitative estimate of drug-likeness (QED) is 0.749. The number of pyridine rings is 1. The fraction of sp³-hybridized carbons (Fsp3) is 0.429. The van der Waals surface area contributed by atoms with Crippen molar-refractivity contribution in [3.05, 3.63) is 62.8 Å². The Bertz CT molecular complexity index is 1040. The summed E-state index contributed by atoms with van der Waals surface area (Å²) in [6, 6.07) is 2.66. The standard InChI is InChI=1S/C21H23F3N2O3/c1-20(2,3)29-19(28)26-10-21(4,5)17-16(26)8-12(18(27)25-17)6-11-7-14(23)15(24)9-13(11)22/h7-9H,6,10H2,1-5H3,(H,25,27). The molecule has 1 aliphatic heterocycles. The third kappa shape index (κ3) is 4.16. The van der Waals surface area contributed by atoms with Gasteiger partial charge in [-0.25, -0.2) is 18.0 Å². The number of H-pyrrole nitrogens is 1. The summed E-state index contributed by atoms with van der Waals surface area (Å²) in [4.78, 5) is 29.4. The first-order valence-electron chi connectivity index (χ1n) is 9.19. The summed E-state index contributed by atoms with van der Waals surface area (Å²) < 4.78 is 46.2. The molecule has 0 saturated carbocycles. The molecule has 1 amide bonds. The third-order valence-corrected chi connectivity index (χ3v) is 4.70. The maximum atomic E-state index is 14.0. The molecule has 0 atom stereocenters. The molecule has 0 bridgehead atoms. The molecule has 29 heavy (non-hydrogen) atoms. The van der Waals surface area contributed by atoms with Gasteiger partial charge in [0.1, 0.15) is 11.4 Å². The first kappa shape index (κ1) is 21.0.